The lowest BCUT2D eigenvalue weighted by atomic mass is 9.80. The van der Waals surface area contributed by atoms with Crippen molar-refractivity contribution in [3.63, 3.8) is 0 Å². The van der Waals surface area contributed by atoms with E-state index in [9.17, 15) is 0 Å². The van der Waals surface area contributed by atoms with Crippen LogP contribution in [0.1, 0.15) is 43.6 Å². The molecule has 0 radical (unpaired) electrons. The van der Waals surface area contributed by atoms with Crippen LogP contribution in [0.4, 0.5) is 0 Å². The molecule has 0 aromatic carbocycles. The zero-order valence-corrected chi connectivity index (χ0v) is 9.61. The van der Waals surface area contributed by atoms with E-state index in [1.54, 1.807) is 0 Å². The van der Waals surface area contributed by atoms with Crippen LogP contribution in [0, 0.1) is 12.8 Å². The number of nitrogens with two attached hydrogens (primary N) is 1. The summed E-state index contributed by atoms with van der Waals surface area (Å²) in [6.07, 6.45) is 4.89. The molecule has 1 atom stereocenters. The van der Waals surface area contributed by atoms with Crippen LogP contribution < -0.4 is 5.73 Å². The molecule has 0 amide bonds. The van der Waals surface area contributed by atoms with Gasteiger partial charge in [-0.3, -0.25) is 0 Å². The van der Waals surface area contributed by atoms with Crippen molar-refractivity contribution in [3.8, 4) is 0 Å². The van der Waals surface area contributed by atoms with Crippen molar-refractivity contribution in [2.24, 2.45) is 11.7 Å². The maximum atomic E-state index is 5.53. The topological polar surface area (TPSA) is 56.7 Å². The summed E-state index contributed by atoms with van der Waals surface area (Å²) in [6, 6.07) is 0.498. The SMILES string of the molecule is Cc1c(CCN)nnn1C(C)C1CCC1. The third-order valence-corrected chi connectivity index (χ3v) is 3.62. The molecule has 1 saturated carbocycles. The van der Waals surface area contributed by atoms with Gasteiger partial charge in [-0.15, -0.1) is 5.10 Å². The zero-order chi connectivity index (χ0) is 10.8. The van der Waals surface area contributed by atoms with Gasteiger partial charge in [0.25, 0.3) is 0 Å². The number of aromatic nitrogens is 3. The van der Waals surface area contributed by atoms with Gasteiger partial charge in [0.2, 0.25) is 0 Å². The van der Waals surface area contributed by atoms with Gasteiger partial charge >= 0.3 is 0 Å². The van der Waals surface area contributed by atoms with Gasteiger partial charge in [0.05, 0.1) is 17.4 Å². The van der Waals surface area contributed by atoms with Gasteiger partial charge in [0.15, 0.2) is 0 Å². The second kappa shape index (κ2) is 4.31. The molecule has 0 aliphatic heterocycles. The van der Waals surface area contributed by atoms with Crippen molar-refractivity contribution in [2.75, 3.05) is 6.54 Å². The highest BCUT2D eigenvalue weighted by Crippen LogP contribution is 2.36. The first-order valence-electron chi connectivity index (χ1n) is 5.84. The second-order valence-electron chi connectivity index (χ2n) is 4.54. The lowest BCUT2D eigenvalue weighted by Crippen LogP contribution is -2.24. The Morgan fingerprint density at radius 1 is 1.53 bits per heavy atom. The minimum atomic E-state index is 0.498. The fourth-order valence-corrected chi connectivity index (χ4v) is 2.25. The standard InChI is InChI=1S/C11H20N4/c1-8(10-4-3-5-10)15-9(2)11(6-7-12)13-14-15/h8,10H,3-7,12H2,1-2H3. The maximum Gasteiger partial charge on any atom is 0.0868 e. The normalized spacial score (nSPS) is 18.9. The molecule has 1 heterocycles. The molecule has 4 heteroatoms. The van der Waals surface area contributed by atoms with Gasteiger partial charge in [0.1, 0.15) is 0 Å². The molecule has 1 aromatic heterocycles. The second-order valence-corrected chi connectivity index (χ2v) is 4.54. The van der Waals surface area contributed by atoms with E-state index in [1.807, 2.05) is 0 Å². The molecule has 1 aliphatic carbocycles. The van der Waals surface area contributed by atoms with Crippen LogP contribution in [-0.2, 0) is 6.42 Å². The number of hydrogen-bond donors (Lipinski definition) is 1. The van der Waals surface area contributed by atoms with E-state index in [-0.39, 0.29) is 0 Å². The molecule has 84 valence electrons. The minimum Gasteiger partial charge on any atom is -0.330 e. The first kappa shape index (κ1) is 10.6. The lowest BCUT2D eigenvalue weighted by Gasteiger charge is -2.31. The van der Waals surface area contributed by atoms with E-state index in [4.69, 9.17) is 5.73 Å². The fourth-order valence-electron chi connectivity index (χ4n) is 2.25. The molecule has 1 aliphatic rings. The van der Waals surface area contributed by atoms with Crippen molar-refractivity contribution < 1.29 is 0 Å². The van der Waals surface area contributed by atoms with Crippen LogP contribution in [0.15, 0.2) is 0 Å². The quantitative estimate of drug-likeness (QED) is 0.814. The Morgan fingerprint density at radius 2 is 2.27 bits per heavy atom. The Balaban J connectivity index is 2.13. The van der Waals surface area contributed by atoms with Gasteiger partial charge in [-0.05, 0) is 39.2 Å². The highest BCUT2D eigenvalue weighted by Gasteiger charge is 2.27. The number of rotatable bonds is 4. The van der Waals surface area contributed by atoms with Gasteiger partial charge < -0.3 is 5.73 Å². The van der Waals surface area contributed by atoms with E-state index in [2.05, 4.69) is 28.8 Å². The Kier molecular flexibility index (Phi) is 3.05. The van der Waals surface area contributed by atoms with Crippen LogP contribution in [0.3, 0.4) is 0 Å². The zero-order valence-electron chi connectivity index (χ0n) is 9.61. The largest absolute Gasteiger partial charge is 0.330 e. The molecule has 0 spiro atoms. The predicted octanol–water partition coefficient (Wildman–Crippen LogP) is 1.45. The van der Waals surface area contributed by atoms with E-state index >= 15 is 0 Å². The molecular weight excluding hydrogens is 188 g/mol. The molecule has 1 aromatic rings. The highest BCUT2D eigenvalue weighted by atomic mass is 15.4. The van der Waals surface area contributed by atoms with Crippen LogP contribution in [-0.4, -0.2) is 21.5 Å². The summed E-state index contributed by atoms with van der Waals surface area (Å²) in [5, 5.41) is 8.45. The van der Waals surface area contributed by atoms with Crippen molar-refractivity contribution >= 4 is 0 Å². The summed E-state index contributed by atoms with van der Waals surface area (Å²) in [5.74, 6) is 0.802. The monoisotopic (exact) mass is 208 g/mol. The number of nitrogens with zero attached hydrogens (tertiary/aromatic N) is 3. The molecule has 0 bridgehead atoms. The molecule has 2 N–H and O–H groups in total. The Morgan fingerprint density at radius 3 is 2.80 bits per heavy atom. The van der Waals surface area contributed by atoms with E-state index in [0.717, 1.165) is 18.0 Å². The summed E-state index contributed by atoms with van der Waals surface area (Å²) in [7, 11) is 0. The van der Waals surface area contributed by atoms with Gasteiger partial charge in [-0.1, -0.05) is 11.6 Å². The van der Waals surface area contributed by atoms with Gasteiger partial charge in [-0.2, -0.15) is 0 Å². The average molecular weight is 208 g/mol. The smallest absolute Gasteiger partial charge is 0.0868 e. The maximum absolute atomic E-state index is 5.53. The lowest BCUT2D eigenvalue weighted by molar-refractivity contribution is 0.206. The van der Waals surface area contributed by atoms with Crippen LogP contribution in [0.5, 0.6) is 0 Å². The van der Waals surface area contributed by atoms with Crippen molar-refractivity contribution in [2.45, 2.75) is 45.6 Å². The summed E-state index contributed by atoms with van der Waals surface area (Å²) in [5.41, 5.74) is 7.79. The molecule has 4 nitrogen and oxygen atoms in total. The highest BCUT2D eigenvalue weighted by molar-refractivity contribution is 5.09. The first-order valence-corrected chi connectivity index (χ1v) is 5.84. The predicted molar refractivity (Wildman–Crippen MR) is 59.6 cm³/mol. The molecule has 0 saturated heterocycles. The van der Waals surface area contributed by atoms with Gasteiger partial charge in [-0.25, -0.2) is 4.68 Å². The Labute approximate surface area is 90.8 Å². The Hall–Kier alpha value is -0.900. The first-order chi connectivity index (χ1) is 7.24. The summed E-state index contributed by atoms with van der Waals surface area (Å²) < 4.78 is 2.08. The average Bonchev–Trinajstić information content (AvgIpc) is 2.46. The molecule has 15 heavy (non-hydrogen) atoms. The summed E-state index contributed by atoms with van der Waals surface area (Å²) in [6.45, 7) is 5.00. The van der Waals surface area contributed by atoms with Crippen molar-refractivity contribution in [1.29, 1.82) is 0 Å². The van der Waals surface area contributed by atoms with Crippen molar-refractivity contribution in [3.05, 3.63) is 11.4 Å². The third kappa shape index (κ3) is 1.91. The van der Waals surface area contributed by atoms with Crippen LogP contribution in [0.2, 0.25) is 0 Å². The molecule has 2 rings (SSSR count). The number of hydrogen-bond acceptors (Lipinski definition) is 3. The summed E-state index contributed by atoms with van der Waals surface area (Å²) >= 11 is 0. The molecule has 1 fully saturated rings. The molecule has 1 unspecified atom stereocenters. The van der Waals surface area contributed by atoms with E-state index < -0.39 is 0 Å². The van der Waals surface area contributed by atoms with Gasteiger partial charge in [0, 0.05) is 6.42 Å². The fraction of sp³-hybridized carbons (Fsp3) is 0.818. The Bertz CT molecular complexity index is 327. The van der Waals surface area contributed by atoms with Crippen LogP contribution >= 0.6 is 0 Å². The van der Waals surface area contributed by atoms with Crippen LogP contribution in [0.25, 0.3) is 0 Å². The van der Waals surface area contributed by atoms with Crippen molar-refractivity contribution in [1.82, 2.24) is 15.0 Å². The third-order valence-electron chi connectivity index (χ3n) is 3.62. The summed E-state index contributed by atoms with van der Waals surface area (Å²) in [4.78, 5) is 0. The van der Waals surface area contributed by atoms with E-state index in [1.165, 1.54) is 25.0 Å². The minimum absolute atomic E-state index is 0.498. The molecular formula is C11H20N4. The van der Waals surface area contributed by atoms with E-state index in [0.29, 0.717) is 12.6 Å².